The van der Waals surface area contributed by atoms with Crippen LogP contribution in [0.15, 0.2) is 53.0 Å². The second-order valence-corrected chi connectivity index (χ2v) is 6.74. The summed E-state index contributed by atoms with van der Waals surface area (Å²) in [5.41, 5.74) is 2.18. The van der Waals surface area contributed by atoms with Crippen molar-refractivity contribution in [2.75, 3.05) is 7.05 Å². The first-order valence-corrected chi connectivity index (χ1v) is 8.46. The molecular formula is C18H18BrF2N3. The lowest BCUT2D eigenvalue weighted by Gasteiger charge is -2.25. The second-order valence-electron chi connectivity index (χ2n) is 5.82. The van der Waals surface area contributed by atoms with Crippen LogP contribution in [0.25, 0.3) is 11.0 Å². The van der Waals surface area contributed by atoms with Gasteiger partial charge in [0.15, 0.2) is 0 Å². The summed E-state index contributed by atoms with van der Waals surface area (Å²) >= 11 is 3.41. The van der Waals surface area contributed by atoms with E-state index in [9.17, 15) is 8.78 Å². The fourth-order valence-electron chi connectivity index (χ4n) is 2.77. The van der Waals surface area contributed by atoms with Gasteiger partial charge in [0.1, 0.15) is 5.82 Å². The van der Waals surface area contributed by atoms with Gasteiger partial charge in [-0.2, -0.15) is 8.78 Å². The van der Waals surface area contributed by atoms with Crippen LogP contribution in [0, 0.1) is 0 Å². The normalized spacial score (nSPS) is 13.1. The van der Waals surface area contributed by atoms with Crippen LogP contribution in [-0.2, 0) is 6.54 Å². The minimum absolute atomic E-state index is 0.241. The van der Waals surface area contributed by atoms with E-state index in [1.165, 1.54) is 0 Å². The van der Waals surface area contributed by atoms with Crippen LogP contribution in [-0.4, -0.2) is 21.5 Å². The molecule has 0 fully saturated rings. The number of benzene rings is 2. The van der Waals surface area contributed by atoms with E-state index in [-0.39, 0.29) is 6.04 Å². The van der Waals surface area contributed by atoms with Gasteiger partial charge in [-0.3, -0.25) is 9.47 Å². The minimum Gasteiger partial charge on any atom is -0.292 e. The van der Waals surface area contributed by atoms with Crippen LogP contribution in [0.2, 0.25) is 0 Å². The van der Waals surface area contributed by atoms with Gasteiger partial charge in [0.2, 0.25) is 0 Å². The number of para-hydroxylation sites is 2. The Morgan fingerprint density at radius 3 is 2.46 bits per heavy atom. The number of aromatic nitrogens is 2. The third kappa shape index (κ3) is 3.35. The Bertz CT molecular complexity index is 830. The van der Waals surface area contributed by atoms with Crippen LogP contribution in [0.1, 0.15) is 30.9 Å². The van der Waals surface area contributed by atoms with Crippen molar-refractivity contribution in [3.8, 4) is 0 Å². The van der Waals surface area contributed by atoms with Crippen LogP contribution in [0.3, 0.4) is 0 Å². The molecule has 6 heteroatoms. The highest BCUT2D eigenvalue weighted by atomic mass is 79.9. The Labute approximate surface area is 148 Å². The summed E-state index contributed by atoms with van der Waals surface area (Å²) in [5.74, 6) is 0.380. The van der Waals surface area contributed by atoms with Crippen molar-refractivity contribution in [1.29, 1.82) is 0 Å². The highest BCUT2D eigenvalue weighted by Gasteiger charge is 2.24. The SMILES string of the molecule is CC(c1nc2ccccc2n1C(F)F)N(C)Cc1ccc(Br)cc1. The van der Waals surface area contributed by atoms with Gasteiger partial charge in [-0.15, -0.1) is 0 Å². The first-order chi connectivity index (χ1) is 11.5. The maximum atomic E-state index is 13.6. The molecule has 0 bridgehead atoms. The Hall–Kier alpha value is -1.79. The molecule has 1 atom stereocenters. The number of hydrogen-bond donors (Lipinski definition) is 0. The fraction of sp³-hybridized carbons (Fsp3) is 0.278. The molecule has 3 nitrogen and oxygen atoms in total. The first-order valence-electron chi connectivity index (χ1n) is 7.67. The van der Waals surface area contributed by atoms with E-state index in [2.05, 4.69) is 20.9 Å². The van der Waals surface area contributed by atoms with E-state index in [4.69, 9.17) is 0 Å². The molecule has 0 saturated heterocycles. The molecule has 1 heterocycles. The van der Waals surface area contributed by atoms with E-state index in [1.807, 2.05) is 49.2 Å². The van der Waals surface area contributed by atoms with Crippen molar-refractivity contribution in [3.63, 3.8) is 0 Å². The molecule has 0 radical (unpaired) electrons. The molecule has 0 saturated carbocycles. The number of imidazole rings is 1. The van der Waals surface area contributed by atoms with Crippen molar-refractivity contribution in [3.05, 3.63) is 64.4 Å². The summed E-state index contributed by atoms with van der Waals surface area (Å²) in [7, 11) is 1.92. The van der Waals surface area contributed by atoms with Crippen molar-refractivity contribution in [2.45, 2.75) is 26.1 Å². The Morgan fingerprint density at radius 2 is 1.79 bits per heavy atom. The van der Waals surface area contributed by atoms with E-state index >= 15 is 0 Å². The molecule has 0 aliphatic heterocycles. The number of alkyl halides is 2. The lowest BCUT2D eigenvalue weighted by Crippen LogP contribution is -2.25. The van der Waals surface area contributed by atoms with Gasteiger partial charge >= 0.3 is 6.55 Å². The quantitative estimate of drug-likeness (QED) is 0.579. The van der Waals surface area contributed by atoms with E-state index < -0.39 is 6.55 Å². The summed E-state index contributed by atoms with van der Waals surface area (Å²) in [5, 5.41) is 0. The number of hydrogen-bond acceptors (Lipinski definition) is 2. The zero-order chi connectivity index (χ0) is 17.3. The molecule has 0 spiro atoms. The summed E-state index contributed by atoms with van der Waals surface area (Å²) < 4.78 is 29.2. The maximum Gasteiger partial charge on any atom is 0.320 e. The van der Waals surface area contributed by atoms with E-state index in [0.29, 0.717) is 23.4 Å². The third-order valence-electron chi connectivity index (χ3n) is 4.20. The largest absolute Gasteiger partial charge is 0.320 e. The Morgan fingerprint density at radius 1 is 1.12 bits per heavy atom. The van der Waals surface area contributed by atoms with Gasteiger partial charge in [0.25, 0.3) is 0 Å². The first kappa shape index (κ1) is 17.0. The Balaban J connectivity index is 1.91. The highest BCUT2D eigenvalue weighted by Crippen LogP contribution is 2.29. The minimum atomic E-state index is -2.61. The van der Waals surface area contributed by atoms with Crippen molar-refractivity contribution in [2.24, 2.45) is 0 Å². The summed E-state index contributed by atoms with van der Waals surface area (Å²) in [6.07, 6.45) is 0. The van der Waals surface area contributed by atoms with Crippen LogP contribution >= 0.6 is 15.9 Å². The van der Waals surface area contributed by atoms with Crippen LogP contribution in [0.5, 0.6) is 0 Å². The fourth-order valence-corrected chi connectivity index (χ4v) is 3.04. The lowest BCUT2D eigenvalue weighted by molar-refractivity contribution is 0.0657. The van der Waals surface area contributed by atoms with Crippen LogP contribution in [0.4, 0.5) is 8.78 Å². The highest BCUT2D eigenvalue weighted by molar-refractivity contribution is 9.10. The number of nitrogens with zero attached hydrogens (tertiary/aromatic N) is 3. The topological polar surface area (TPSA) is 21.1 Å². The molecule has 1 unspecified atom stereocenters. The predicted octanol–water partition coefficient (Wildman–Crippen LogP) is 5.39. The molecule has 0 aliphatic carbocycles. The molecule has 0 aliphatic rings. The van der Waals surface area contributed by atoms with Gasteiger partial charge in [-0.25, -0.2) is 4.98 Å². The number of rotatable bonds is 5. The van der Waals surface area contributed by atoms with Gasteiger partial charge in [-0.1, -0.05) is 40.2 Å². The molecule has 126 valence electrons. The van der Waals surface area contributed by atoms with Crippen molar-refractivity contribution < 1.29 is 8.78 Å². The molecule has 24 heavy (non-hydrogen) atoms. The average Bonchev–Trinajstić information content (AvgIpc) is 2.95. The third-order valence-corrected chi connectivity index (χ3v) is 4.73. The van der Waals surface area contributed by atoms with Gasteiger partial charge < -0.3 is 0 Å². The molecule has 3 rings (SSSR count). The second kappa shape index (κ2) is 6.99. The lowest BCUT2D eigenvalue weighted by atomic mass is 10.2. The van der Waals surface area contributed by atoms with Gasteiger partial charge in [-0.05, 0) is 43.8 Å². The molecule has 2 aromatic carbocycles. The summed E-state index contributed by atoms with van der Waals surface area (Å²) in [4.78, 5) is 6.46. The van der Waals surface area contributed by atoms with E-state index in [1.54, 1.807) is 18.2 Å². The number of halogens is 3. The zero-order valence-corrected chi connectivity index (χ0v) is 15.0. The molecular weight excluding hydrogens is 376 g/mol. The molecule has 1 aromatic heterocycles. The molecule has 0 amide bonds. The standard InChI is InChI=1S/C18H18BrF2N3/c1-12(23(2)11-13-7-9-14(19)10-8-13)17-22-15-5-3-4-6-16(15)24(17)18(20)21/h3-10,12,18H,11H2,1-2H3. The number of fused-ring (bicyclic) bond motifs is 1. The Kier molecular flexibility index (Phi) is 4.96. The molecule has 3 aromatic rings. The maximum absolute atomic E-state index is 13.6. The monoisotopic (exact) mass is 393 g/mol. The average molecular weight is 394 g/mol. The van der Waals surface area contributed by atoms with Crippen molar-refractivity contribution >= 4 is 27.0 Å². The van der Waals surface area contributed by atoms with Crippen LogP contribution < -0.4 is 0 Å². The summed E-state index contributed by atoms with van der Waals surface area (Å²) in [6.45, 7) is -0.0595. The van der Waals surface area contributed by atoms with Gasteiger partial charge in [0, 0.05) is 11.0 Å². The van der Waals surface area contributed by atoms with E-state index in [0.717, 1.165) is 14.6 Å². The zero-order valence-electron chi connectivity index (χ0n) is 13.5. The summed E-state index contributed by atoms with van der Waals surface area (Å²) in [6, 6.07) is 14.7. The predicted molar refractivity (Wildman–Crippen MR) is 95.0 cm³/mol. The molecule has 0 N–H and O–H groups in total. The smallest absolute Gasteiger partial charge is 0.292 e. The van der Waals surface area contributed by atoms with Gasteiger partial charge in [0.05, 0.1) is 17.1 Å². The van der Waals surface area contributed by atoms with Crippen molar-refractivity contribution in [1.82, 2.24) is 14.5 Å².